The fourth-order valence-corrected chi connectivity index (χ4v) is 3.99. The molecule has 1 aromatic heterocycles. The Hall–Kier alpha value is -1.40. The summed E-state index contributed by atoms with van der Waals surface area (Å²) in [6, 6.07) is 5.30. The van der Waals surface area contributed by atoms with Crippen LogP contribution in [0.1, 0.15) is 25.1 Å². The van der Waals surface area contributed by atoms with Crippen LogP contribution in [-0.4, -0.2) is 30.8 Å². The Balaban J connectivity index is 2.12. The van der Waals surface area contributed by atoms with Crippen molar-refractivity contribution < 1.29 is 8.42 Å². The van der Waals surface area contributed by atoms with Crippen molar-refractivity contribution in [3.63, 3.8) is 0 Å². The van der Waals surface area contributed by atoms with Gasteiger partial charge in [0.15, 0.2) is 9.84 Å². The van der Waals surface area contributed by atoms with Gasteiger partial charge in [-0.2, -0.15) is 0 Å². The van der Waals surface area contributed by atoms with Crippen LogP contribution in [-0.2, 0) is 23.3 Å². The highest BCUT2D eigenvalue weighted by molar-refractivity contribution is 7.91. The quantitative estimate of drug-likeness (QED) is 0.931. The second-order valence-corrected chi connectivity index (χ2v) is 8.20. The molecule has 1 aromatic carbocycles. The number of aromatic nitrogens is 2. The van der Waals surface area contributed by atoms with Crippen LogP contribution >= 0.6 is 0 Å². The van der Waals surface area contributed by atoms with Gasteiger partial charge in [0, 0.05) is 19.7 Å². The highest BCUT2D eigenvalue weighted by atomic mass is 32.2. The molecule has 0 aliphatic heterocycles. The molecule has 0 atom stereocenters. The highest BCUT2D eigenvalue weighted by Crippen LogP contribution is 2.42. The second kappa shape index (κ2) is 4.81. The molecule has 5 nitrogen and oxygen atoms in total. The Morgan fingerprint density at radius 2 is 2.10 bits per heavy atom. The number of benzene rings is 1. The molecule has 0 bridgehead atoms. The summed E-state index contributed by atoms with van der Waals surface area (Å²) in [5.74, 6) is 0.922. The molecule has 1 aliphatic rings. The van der Waals surface area contributed by atoms with Crippen molar-refractivity contribution in [3.8, 4) is 0 Å². The molecule has 0 spiro atoms. The van der Waals surface area contributed by atoms with E-state index in [1.165, 1.54) is 12.7 Å². The number of rotatable bonds is 4. The molecule has 1 heterocycles. The second-order valence-electron chi connectivity index (χ2n) is 6.22. The number of sulfone groups is 1. The van der Waals surface area contributed by atoms with E-state index >= 15 is 0 Å². The molecule has 6 heteroatoms. The largest absolute Gasteiger partial charge is 0.331 e. The van der Waals surface area contributed by atoms with Gasteiger partial charge in [0.2, 0.25) is 0 Å². The zero-order chi connectivity index (χ0) is 15.3. The third-order valence-corrected chi connectivity index (χ3v) is 5.88. The van der Waals surface area contributed by atoms with Crippen molar-refractivity contribution in [1.29, 1.82) is 0 Å². The van der Waals surface area contributed by atoms with Crippen molar-refractivity contribution in [2.75, 3.05) is 12.8 Å². The average molecular weight is 307 g/mol. The predicted molar refractivity (Wildman–Crippen MR) is 82.9 cm³/mol. The molecule has 2 aromatic rings. The molecule has 2 N–H and O–H groups in total. The van der Waals surface area contributed by atoms with E-state index in [9.17, 15) is 8.42 Å². The van der Waals surface area contributed by atoms with Gasteiger partial charge in [-0.1, -0.05) is 12.5 Å². The zero-order valence-corrected chi connectivity index (χ0v) is 13.3. The van der Waals surface area contributed by atoms with Crippen LogP contribution in [0.3, 0.4) is 0 Å². The zero-order valence-electron chi connectivity index (χ0n) is 12.5. The van der Waals surface area contributed by atoms with Crippen molar-refractivity contribution in [2.24, 2.45) is 18.2 Å². The summed E-state index contributed by atoms with van der Waals surface area (Å²) >= 11 is 0. The van der Waals surface area contributed by atoms with Crippen LogP contribution in [0.5, 0.6) is 0 Å². The van der Waals surface area contributed by atoms with Crippen LogP contribution in [0, 0.1) is 5.41 Å². The van der Waals surface area contributed by atoms with E-state index in [-0.39, 0.29) is 5.41 Å². The molecule has 1 saturated carbocycles. The minimum absolute atomic E-state index is 0.153. The first-order chi connectivity index (χ1) is 9.86. The third-order valence-electron chi connectivity index (χ3n) is 4.75. The van der Waals surface area contributed by atoms with Crippen molar-refractivity contribution >= 4 is 20.9 Å². The molecular weight excluding hydrogens is 286 g/mol. The van der Waals surface area contributed by atoms with Crippen molar-refractivity contribution in [3.05, 3.63) is 24.0 Å². The molecule has 21 heavy (non-hydrogen) atoms. The Morgan fingerprint density at radius 1 is 1.38 bits per heavy atom. The fourth-order valence-electron chi connectivity index (χ4n) is 3.16. The van der Waals surface area contributed by atoms with Gasteiger partial charge in [-0.05, 0) is 36.9 Å². The number of hydrogen-bond donors (Lipinski definition) is 1. The van der Waals surface area contributed by atoms with Crippen LogP contribution in [0.4, 0.5) is 0 Å². The molecule has 0 unspecified atom stereocenters. The predicted octanol–water partition coefficient (Wildman–Crippen LogP) is 1.65. The van der Waals surface area contributed by atoms with Crippen LogP contribution in [0.15, 0.2) is 23.1 Å². The number of nitrogens with zero attached hydrogens (tertiary/aromatic N) is 2. The number of imidazole rings is 1. The lowest BCUT2D eigenvalue weighted by molar-refractivity contribution is 0.140. The van der Waals surface area contributed by atoms with Gasteiger partial charge in [0.25, 0.3) is 0 Å². The molecule has 0 amide bonds. The van der Waals surface area contributed by atoms with Crippen molar-refractivity contribution in [2.45, 2.75) is 30.6 Å². The van der Waals surface area contributed by atoms with E-state index in [0.717, 1.165) is 30.6 Å². The molecule has 3 rings (SSSR count). The van der Waals surface area contributed by atoms with Crippen molar-refractivity contribution in [1.82, 2.24) is 9.55 Å². The topological polar surface area (TPSA) is 78.0 Å². The van der Waals surface area contributed by atoms with Gasteiger partial charge in [-0.15, -0.1) is 0 Å². The summed E-state index contributed by atoms with van der Waals surface area (Å²) in [5.41, 5.74) is 7.51. The molecule has 114 valence electrons. The lowest BCUT2D eigenvalue weighted by Crippen LogP contribution is -2.39. The molecule has 0 radical (unpaired) electrons. The summed E-state index contributed by atoms with van der Waals surface area (Å²) in [7, 11) is -1.33. The standard InChI is InChI=1S/C15H21N3O2S/c1-18-11-5-3-6-12(21(2,19)20)14(11)17-13(18)9-15(10-16)7-4-8-15/h3,5-6H,4,7-10,16H2,1-2H3. The average Bonchev–Trinajstić information content (AvgIpc) is 2.69. The maximum Gasteiger partial charge on any atom is 0.177 e. The van der Waals surface area contributed by atoms with E-state index in [1.807, 2.05) is 17.7 Å². The Labute approximate surface area is 125 Å². The lowest BCUT2D eigenvalue weighted by Gasteiger charge is -2.40. The van der Waals surface area contributed by atoms with Gasteiger partial charge < -0.3 is 10.3 Å². The smallest absolute Gasteiger partial charge is 0.177 e. The summed E-state index contributed by atoms with van der Waals surface area (Å²) in [4.78, 5) is 4.92. The Bertz CT molecular complexity index is 783. The Kier molecular flexibility index (Phi) is 3.33. The normalized spacial score (nSPS) is 17.9. The maximum absolute atomic E-state index is 11.9. The van der Waals surface area contributed by atoms with E-state index in [2.05, 4.69) is 4.98 Å². The first-order valence-electron chi connectivity index (χ1n) is 7.21. The van der Waals surface area contributed by atoms with Crippen LogP contribution in [0.25, 0.3) is 11.0 Å². The number of hydrogen-bond acceptors (Lipinski definition) is 4. The fraction of sp³-hybridized carbons (Fsp3) is 0.533. The SMILES string of the molecule is Cn1c(CC2(CN)CCC2)nc2c(S(C)(=O)=O)cccc21. The van der Waals surface area contributed by atoms with Gasteiger partial charge in [-0.25, -0.2) is 13.4 Å². The number of para-hydroxylation sites is 1. The third kappa shape index (κ3) is 2.36. The summed E-state index contributed by atoms with van der Waals surface area (Å²) in [5, 5.41) is 0. The first kappa shape index (κ1) is 14.5. The molecular formula is C15H21N3O2S. The van der Waals surface area contributed by atoms with Crippen LogP contribution < -0.4 is 5.73 Å². The monoisotopic (exact) mass is 307 g/mol. The van der Waals surface area contributed by atoms with E-state index in [1.54, 1.807) is 12.1 Å². The number of nitrogens with two attached hydrogens (primary N) is 1. The summed E-state index contributed by atoms with van der Waals surface area (Å²) < 4.78 is 25.8. The minimum Gasteiger partial charge on any atom is -0.331 e. The molecule has 0 saturated heterocycles. The van der Waals surface area contributed by atoms with E-state index in [4.69, 9.17) is 5.73 Å². The van der Waals surface area contributed by atoms with Gasteiger partial charge in [-0.3, -0.25) is 0 Å². The summed E-state index contributed by atoms with van der Waals surface area (Å²) in [6.45, 7) is 0.662. The van der Waals surface area contributed by atoms with Gasteiger partial charge in [0.05, 0.1) is 10.4 Å². The van der Waals surface area contributed by atoms with E-state index in [0.29, 0.717) is 17.0 Å². The molecule has 1 fully saturated rings. The maximum atomic E-state index is 11.9. The highest BCUT2D eigenvalue weighted by Gasteiger charge is 2.37. The molecule has 1 aliphatic carbocycles. The van der Waals surface area contributed by atoms with E-state index < -0.39 is 9.84 Å². The first-order valence-corrected chi connectivity index (χ1v) is 9.10. The lowest BCUT2D eigenvalue weighted by atomic mass is 9.66. The summed E-state index contributed by atoms with van der Waals surface area (Å²) in [6.07, 6.45) is 5.52. The number of fused-ring (bicyclic) bond motifs is 1. The number of aryl methyl sites for hydroxylation is 1. The Morgan fingerprint density at radius 3 is 2.62 bits per heavy atom. The van der Waals surface area contributed by atoms with Gasteiger partial charge in [0.1, 0.15) is 11.3 Å². The van der Waals surface area contributed by atoms with Gasteiger partial charge >= 0.3 is 0 Å². The van der Waals surface area contributed by atoms with Crippen LogP contribution in [0.2, 0.25) is 0 Å². The minimum atomic E-state index is -3.27.